The number of hydrogen-bond donors (Lipinski definition) is 0. The van der Waals surface area contributed by atoms with E-state index >= 15 is 0 Å². The summed E-state index contributed by atoms with van der Waals surface area (Å²) in [6, 6.07) is 32.0. The first-order chi connectivity index (χ1) is 22.4. The summed E-state index contributed by atoms with van der Waals surface area (Å²) >= 11 is 0. The molecule has 232 valence electrons. The first-order valence-corrected chi connectivity index (χ1v) is 14.1. The third kappa shape index (κ3) is 7.75. The fourth-order valence-electron chi connectivity index (χ4n) is 4.69. The van der Waals surface area contributed by atoms with E-state index in [1.54, 1.807) is 84.9 Å². The van der Waals surface area contributed by atoms with Crippen molar-refractivity contribution in [1.82, 2.24) is 0 Å². The lowest BCUT2D eigenvalue weighted by atomic mass is 9.97. The van der Waals surface area contributed by atoms with Crippen molar-refractivity contribution in [1.29, 1.82) is 0 Å². The molecule has 1 heterocycles. The summed E-state index contributed by atoms with van der Waals surface area (Å²) in [5, 5.41) is 3.66. The summed E-state index contributed by atoms with van der Waals surface area (Å²) in [6.07, 6.45) is -7.61. The fourth-order valence-corrected chi connectivity index (χ4v) is 4.69. The van der Waals surface area contributed by atoms with Crippen LogP contribution < -0.4 is 0 Å². The number of benzene rings is 4. The number of rotatable bonds is 10. The molecule has 0 saturated carbocycles. The quantitative estimate of drug-likeness (QED) is 0.0725. The zero-order valence-corrected chi connectivity index (χ0v) is 24.2. The highest BCUT2D eigenvalue weighted by atomic mass is 16.7. The number of azide groups is 1. The molecule has 0 unspecified atom stereocenters. The summed E-state index contributed by atoms with van der Waals surface area (Å²) in [6.45, 7) is -0.517. The van der Waals surface area contributed by atoms with Crippen LogP contribution >= 0.6 is 0 Å². The zero-order valence-electron chi connectivity index (χ0n) is 24.2. The van der Waals surface area contributed by atoms with Gasteiger partial charge in [-0.25, -0.2) is 19.2 Å². The van der Waals surface area contributed by atoms with Gasteiger partial charge < -0.3 is 23.7 Å². The lowest BCUT2D eigenvalue weighted by Crippen LogP contribution is -2.62. The van der Waals surface area contributed by atoms with Crippen LogP contribution in [0.1, 0.15) is 41.4 Å². The Bertz CT molecular complexity index is 1700. The van der Waals surface area contributed by atoms with Crippen LogP contribution in [0.2, 0.25) is 0 Å². The number of carbonyl (C=O) groups excluding carboxylic acids is 4. The topological polar surface area (TPSA) is 163 Å². The Morgan fingerprint density at radius 3 is 1.35 bits per heavy atom. The second kappa shape index (κ2) is 15.2. The van der Waals surface area contributed by atoms with E-state index in [0.717, 1.165) is 0 Å². The van der Waals surface area contributed by atoms with Crippen LogP contribution in [0.25, 0.3) is 10.4 Å². The summed E-state index contributed by atoms with van der Waals surface area (Å²) in [4.78, 5) is 55.7. The lowest BCUT2D eigenvalue weighted by Gasteiger charge is -2.43. The molecular weight excluding hydrogens is 594 g/mol. The molecule has 5 atom stereocenters. The third-order valence-corrected chi connectivity index (χ3v) is 6.92. The molecule has 5 rings (SSSR count). The van der Waals surface area contributed by atoms with Crippen LogP contribution in [-0.2, 0) is 23.7 Å². The minimum atomic E-state index is -1.59. The van der Waals surface area contributed by atoms with Crippen LogP contribution in [0.4, 0.5) is 0 Å². The van der Waals surface area contributed by atoms with Gasteiger partial charge >= 0.3 is 23.9 Å². The van der Waals surface area contributed by atoms with E-state index in [9.17, 15) is 24.7 Å². The van der Waals surface area contributed by atoms with Crippen LogP contribution in [0.5, 0.6) is 0 Å². The van der Waals surface area contributed by atoms with Crippen molar-refractivity contribution in [3.8, 4) is 0 Å². The predicted octanol–water partition coefficient (Wildman–Crippen LogP) is 5.56. The average molecular weight is 622 g/mol. The second-order valence-electron chi connectivity index (χ2n) is 9.94. The van der Waals surface area contributed by atoms with Crippen molar-refractivity contribution >= 4 is 23.9 Å². The minimum Gasteiger partial charge on any atom is -0.459 e. The molecule has 1 saturated heterocycles. The Labute approximate surface area is 263 Å². The summed E-state index contributed by atoms with van der Waals surface area (Å²) in [5.41, 5.74) is 10.1. The molecule has 1 aliphatic heterocycles. The van der Waals surface area contributed by atoms with Crippen molar-refractivity contribution in [3.63, 3.8) is 0 Å². The van der Waals surface area contributed by atoms with Gasteiger partial charge in [-0.3, -0.25) is 0 Å². The highest BCUT2D eigenvalue weighted by Crippen LogP contribution is 2.32. The Hall–Kier alpha value is -5.97. The standard InChI is InChI=1S/C34H27N3O9/c35-37-36-30-29(46-34(41)25-19-11-4-12-20-25)28(45-33(40)24-17-9-3-10-18-24)27(44-32(39)23-15-7-2-8-16-23)26(43-30)21-42-31(38)22-13-5-1-6-14-22/h1-20,26-30H,21H2/t26-,27-,28+,29+,30+/m1/s1. The summed E-state index contributed by atoms with van der Waals surface area (Å²) in [7, 11) is 0. The zero-order chi connectivity index (χ0) is 32.3. The van der Waals surface area contributed by atoms with Gasteiger partial charge in [0.2, 0.25) is 0 Å². The van der Waals surface area contributed by atoms with Crippen LogP contribution in [0, 0.1) is 0 Å². The molecule has 0 N–H and O–H groups in total. The molecule has 1 fully saturated rings. The molecule has 4 aromatic carbocycles. The normalized spacial score (nSPS) is 20.3. The monoisotopic (exact) mass is 621 g/mol. The maximum atomic E-state index is 13.4. The molecule has 0 aromatic heterocycles. The molecule has 0 radical (unpaired) electrons. The number of ether oxygens (including phenoxy) is 5. The maximum absolute atomic E-state index is 13.4. The van der Waals surface area contributed by atoms with Crippen molar-refractivity contribution in [2.24, 2.45) is 5.11 Å². The number of nitrogens with zero attached hydrogens (tertiary/aromatic N) is 3. The van der Waals surface area contributed by atoms with Gasteiger partial charge in [0.1, 0.15) is 12.7 Å². The Balaban J connectivity index is 1.53. The van der Waals surface area contributed by atoms with Gasteiger partial charge in [-0.15, -0.1) is 0 Å². The highest BCUT2D eigenvalue weighted by molar-refractivity contribution is 5.91. The van der Waals surface area contributed by atoms with Crippen molar-refractivity contribution < 1.29 is 42.9 Å². The molecule has 12 heteroatoms. The smallest absolute Gasteiger partial charge is 0.338 e. The fraction of sp³-hybridized carbons (Fsp3) is 0.176. The second-order valence-corrected chi connectivity index (χ2v) is 9.94. The van der Waals surface area contributed by atoms with Gasteiger partial charge in [0.15, 0.2) is 24.5 Å². The Morgan fingerprint density at radius 2 is 0.935 bits per heavy atom. The SMILES string of the molecule is [N-]=[N+]=N[C@H]1O[C@H](COC(=O)c2ccccc2)[C@@H](OC(=O)c2ccccc2)[C@H](OC(=O)c2ccccc2)[C@@H]1OC(=O)c1ccccc1. The minimum absolute atomic E-state index is 0.141. The summed E-state index contributed by atoms with van der Waals surface area (Å²) in [5.74, 6) is -3.25. The maximum Gasteiger partial charge on any atom is 0.338 e. The van der Waals surface area contributed by atoms with E-state index in [0.29, 0.717) is 0 Å². The number of carbonyl (C=O) groups is 4. The van der Waals surface area contributed by atoms with Gasteiger partial charge in [-0.2, -0.15) is 0 Å². The van der Waals surface area contributed by atoms with Crippen molar-refractivity contribution in [3.05, 3.63) is 154 Å². The molecule has 0 aliphatic carbocycles. The number of esters is 4. The Kier molecular flexibility index (Phi) is 10.4. The van der Waals surface area contributed by atoms with E-state index in [1.165, 1.54) is 36.4 Å². The van der Waals surface area contributed by atoms with Gasteiger partial charge in [0.25, 0.3) is 0 Å². The molecule has 0 amide bonds. The van der Waals surface area contributed by atoms with Gasteiger partial charge in [-0.1, -0.05) is 77.9 Å². The lowest BCUT2D eigenvalue weighted by molar-refractivity contribution is -0.227. The highest BCUT2D eigenvalue weighted by Gasteiger charge is 2.53. The third-order valence-electron chi connectivity index (χ3n) is 6.92. The first-order valence-electron chi connectivity index (χ1n) is 14.1. The van der Waals surface area contributed by atoms with E-state index in [4.69, 9.17) is 23.7 Å². The van der Waals surface area contributed by atoms with Crippen LogP contribution in [0.3, 0.4) is 0 Å². The molecule has 4 aromatic rings. The molecule has 0 spiro atoms. The molecule has 1 aliphatic rings. The van der Waals surface area contributed by atoms with E-state index in [2.05, 4.69) is 10.0 Å². The molecular formula is C34H27N3O9. The van der Waals surface area contributed by atoms with E-state index < -0.39 is 61.1 Å². The first kappa shape index (κ1) is 31.5. The number of hydrogen-bond acceptors (Lipinski definition) is 10. The van der Waals surface area contributed by atoms with Crippen molar-refractivity contribution in [2.75, 3.05) is 6.61 Å². The molecule has 46 heavy (non-hydrogen) atoms. The van der Waals surface area contributed by atoms with E-state index in [1.807, 2.05) is 0 Å². The van der Waals surface area contributed by atoms with Gasteiger partial charge in [0.05, 0.1) is 22.3 Å². The van der Waals surface area contributed by atoms with Crippen molar-refractivity contribution in [2.45, 2.75) is 30.6 Å². The summed E-state index contributed by atoms with van der Waals surface area (Å²) < 4.78 is 29.0. The predicted molar refractivity (Wildman–Crippen MR) is 161 cm³/mol. The van der Waals surface area contributed by atoms with Crippen LogP contribution in [0.15, 0.2) is 126 Å². The largest absolute Gasteiger partial charge is 0.459 e. The average Bonchev–Trinajstić information content (AvgIpc) is 3.11. The van der Waals surface area contributed by atoms with E-state index in [-0.39, 0.29) is 22.3 Å². The van der Waals surface area contributed by atoms with Gasteiger partial charge in [-0.05, 0) is 54.1 Å². The van der Waals surface area contributed by atoms with Crippen LogP contribution in [-0.4, -0.2) is 61.1 Å². The molecule has 0 bridgehead atoms. The Morgan fingerprint density at radius 1 is 0.565 bits per heavy atom. The van der Waals surface area contributed by atoms with Gasteiger partial charge in [0, 0.05) is 4.91 Å². The molecule has 12 nitrogen and oxygen atoms in total.